The number of amides is 1. The standard InChI is InChI=1S/C22H26N6O3/c1-26-10-9-23-20(26)19(16-7-5-4-6-8-16)27-11-13-28(14-12-27)21(29)17-15-18(30-2)25-22(24-17)31-3/h4-10,15,19H,11-14H2,1-3H3/t19-/m1/s1. The molecule has 0 unspecified atom stereocenters. The molecule has 162 valence electrons. The fraction of sp³-hybridized carbons (Fsp3) is 0.364. The number of aryl methyl sites for hydroxylation is 1. The summed E-state index contributed by atoms with van der Waals surface area (Å²) in [7, 11) is 4.97. The molecule has 2 aromatic heterocycles. The molecular formula is C22H26N6O3. The maximum Gasteiger partial charge on any atom is 0.320 e. The van der Waals surface area contributed by atoms with Crippen LogP contribution in [0.5, 0.6) is 11.9 Å². The molecule has 3 aromatic rings. The van der Waals surface area contributed by atoms with Crippen molar-refractivity contribution in [3.8, 4) is 11.9 Å². The van der Waals surface area contributed by atoms with Crippen molar-refractivity contribution in [3.05, 3.63) is 65.9 Å². The van der Waals surface area contributed by atoms with Crippen molar-refractivity contribution < 1.29 is 14.3 Å². The summed E-state index contributed by atoms with van der Waals surface area (Å²) in [5.41, 5.74) is 1.45. The summed E-state index contributed by atoms with van der Waals surface area (Å²) >= 11 is 0. The Morgan fingerprint density at radius 1 is 1.03 bits per heavy atom. The molecular weight excluding hydrogens is 396 g/mol. The maximum absolute atomic E-state index is 13.1. The van der Waals surface area contributed by atoms with E-state index in [1.807, 2.05) is 37.6 Å². The van der Waals surface area contributed by atoms with Gasteiger partial charge in [0.2, 0.25) is 5.88 Å². The topological polar surface area (TPSA) is 85.6 Å². The van der Waals surface area contributed by atoms with Crippen LogP contribution in [0.25, 0.3) is 0 Å². The lowest BCUT2D eigenvalue weighted by Gasteiger charge is -2.39. The summed E-state index contributed by atoms with van der Waals surface area (Å²) in [5.74, 6) is 1.12. The van der Waals surface area contributed by atoms with Gasteiger partial charge < -0.3 is 18.9 Å². The third-order valence-electron chi connectivity index (χ3n) is 5.48. The molecule has 1 fully saturated rings. The second-order valence-electron chi connectivity index (χ2n) is 7.32. The molecule has 0 N–H and O–H groups in total. The van der Waals surface area contributed by atoms with Gasteiger partial charge in [-0.15, -0.1) is 0 Å². The van der Waals surface area contributed by atoms with E-state index in [1.54, 1.807) is 4.90 Å². The van der Waals surface area contributed by atoms with Crippen molar-refractivity contribution in [2.45, 2.75) is 6.04 Å². The summed E-state index contributed by atoms with van der Waals surface area (Å²) in [4.78, 5) is 30.1. The predicted octanol–water partition coefficient (Wildman–Crippen LogP) is 1.77. The number of benzene rings is 1. The molecule has 1 aliphatic heterocycles. The largest absolute Gasteiger partial charge is 0.481 e. The van der Waals surface area contributed by atoms with Crippen molar-refractivity contribution in [3.63, 3.8) is 0 Å². The van der Waals surface area contributed by atoms with Crippen LogP contribution < -0.4 is 9.47 Å². The molecule has 1 atom stereocenters. The van der Waals surface area contributed by atoms with E-state index in [0.29, 0.717) is 19.0 Å². The minimum absolute atomic E-state index is 0.0256. The van der Waals surface area contributed by atoms with Gasteiger partial charge in [0.25, 0.3) is 5.91 Å². The molecule has 9 nitrogen and oxygen atoms in total. The molecule has 1 aromatic carbocycles. The number of aromatic nitrogens is 4. The lowest BCUT2D eigenvalue weighted by Crippen LogP contribution is -2.50. The Kier molecular flexibility index (Phi) is 6.13. The van der Waals surface area contributed by atoms with Gasteiger partial charge in [-0.25, -0.2) is 4.98 Å². The van der Waals surface area contributed by atoms with Gasteiger partial charge in [0.05, 0.1) is 20.3 Å². The van der Waals surface area contributed by atoms with Crippen LogP contribution in [0, 0.1) is 0 Å². The molecule has 1 aliphatic rings. The summed E-state index contributed by atoms with van der Waals surface area (Å²) in [6.45, 7) is 2.61. The number of hydrogen-bond acceptors (Lipinski definition) is 7. The SMILES string of the molecule is COc1cc(C(=O)N2CCN([C@H](c3ccccc3)c3nccn3C)CC2)nc(OC)n1. The maximum atomic E-state index is 13.1. The first-order valence-electron chi connectivity index (χ1n) is 10.1. The average Bonchev–Trinajstić information content (AvgIpc) is 3.24. The highest BCUT2D eigenvalue weighted by atomic mass is 16.5. The predicted molar refractivity (Wildman–Crippen MR) is 114 cm³/mol. The van der Waals surface area contributed by atoms with Crippen molar-refractivity contribution in [1.82, 2.24) is 29.3 Å². The van der Waals surface area contributed by atoms with E-state index in [1.165, 1.54) is 25.8 Å². The molecule has 4 rings (SSSR count). The van der Waals surface area contributed by atoms with Crippen LogP contribution in [0.3, 0.4) is 0 Å². The average molecular weight is 422 g/mol. The van der Waals surface area contributed by atoms with Crippen LogP contribution in [0.4, 0.5) is 0 Å². The van der Waals surface area contributed by atoms with Gasteiger partial charge in [0.1, 0.15) is 11.5 Å². The second-order valence-corrected chi connectivity index (χ2v) is 7.32. The van der Waals surface area contributed by atoms with Crippen LogP contribution in [-0.4, -0.2) is 75.6 Å². The third-order valence-corrected chi connectivity index (χ3v) is 5.48. The van der Waals surface area contributed by atoms with E-state index < -0.39 is 0 Å². The van der Waals surface area contributed by atoms with Crippen molar-refractivity contribution in [1.29, 1.82) is 0 Å². The quantitative estimate of drug-likeness (QED) is 0.598. The van der Waals surface area contributed by atoms with Gasteiger partial charge in [-0.1, -0.05) is 30.3 Å². The molecule has 1 saturated heterocycles. The summed E-state index contributed by atoms with van der Waals surface area (Å²) in [6, 6.07) is 12.0. The van der Waals surface area contributed by atoms with Crippen LogP contribution in [0.15, 0.2) is 48.8 Å². The Hall–Kier alpha value is -3.46. The minimum Gasteiger partial charge on any atom is -0.481 e. The van der Waals surface area contributed by atoms with Gasteiger partial charge in [-0.3, -0.25) is 9.69 Å². The van der Waals surface area contributed by atoms with Gasteiger partial charge in [0, 0.05) is 51.7 Å². The van der Waals surface area contributed by atoms with E-state index in [9.17, 15) is 4.79 Å². The fourth-order valence-electron chi connectivity index (χ4n) is 3.85. The van der Waals surface area contributed by atoms with Crippen molar-refractivity contribution >= 4 is 5.91 Å². The molecule has 31 heavy (non-hydrogen) atoms. The van der Waals surface area contributed by atoms with Crippen LogP contribution in [-0.2, 0) is 7.05 Å². The number of carbonyl (C=O) groups is 1. The summed E-state index contributed by atoms with van der Waals surface area (Å²) in [6.07, 6.45) is 3.78. The van der Waals surface area contributed by atoms with E-state index in [2.05, 4.69) is 36.6 Å². The second kappa shape index (κ2) is 9.13. The van der Waals surface area contributed by atoms with E-state index >= 15 is 0 Å². The number of imidazole rings is 1. The van der Waals surface area contributed by atoms with E-state index in [4.69, 9.17) is 9.47 Å². The molecule has 0 saturated carbocycles. The zero-order valence-corrected chi connectivity index (χ0v) is 17.9. The molecule has 0 radical (unpaired) electrons. The molecule has 1 amide bonds. The highest BCUT2D eigenvalue weighted by Crippen LogP contribution is 2.28. The molecule has 9 heteroatoms. The number of nitrogens with zero attached hydrogens (tertiary/aromatic N) is 6. The first-order chi connectivity index (χ1) is 15.1. The summed E-state index contributed by atoms with van der Waals surface area (Å²) < 4.78 is 12.3. The fourth-order valence-corrected chi connectivity index (χ4v) is 3.85. The Bertz CT molecular complexity index is 1010. The van der Waals surface area contributed by atoms with E-state index in [0.717, 1.165) is 18.9 Å². The molecule has 0 aliphatic carbocycles. The molecule has 3 heterocycles. The molecule has 0 bridgehead atoms. The number of methoxy groups -OCH3 is 2. The van der Waals surface area contributed by atoms with E-state index in [-0.39, 0.29) is 23.7 Å². The zero-order chi connectivity index (χ0) is 21.8. The molecule has 0 spiro atoms. The zero-order valence-electron chi connectivity index (χ0n) is 17.9. The smallest absolute Gasteiger partial charge is 0.320 e. The first kappa shape index (κ1) is 20.8. The number of hydrogen-bond donors (Lipinski definition) is 0. The monoisotopic (exact) mass is 422 g/mol. The first-order valence-corrected chi connectivity index (χ1v) is 10.1. The van der Waals surface area contributed by atoms with Crippen LogP contribution in [0.1, 0.15) is 27.9 Å². The highest BCUT2D eigenvalue weighted by Gasteiger charge is 2.31. The highest BCUT2D eigenvalue weighted by molar-refractivity contribution is 5.92. The summed E-state index contributed by atoms with van der Waals surface area (Å²) in [5, 5.41) is 0. The van der Waals surface area contributed by atoms with Gasteiger partial charge in [0.15, 0.2) is 0 Å². The Labute approximate surface area is 181 Å². The normalized spacial score (nSPS) is 15.5. The van der Waals surface area contributed by atoms with Crippen molar-refractivity contribution in [2.24, 2.45) is 7.05 Å². The number of piperazine rings is 1. The van der Waals surface area contributed by atoms with Gasteiger partial charge in [-0.05, 0) is 5.56 Å². The lowest BCUT2D eigenvalue weighted by atomic mass is 10.0. The number of carbonyl (C=O) groups excluding carboxylic acids is 1. The number of ether oxygens (including phenoxy) is 2. The van der Waals surface area contributed by atoms with Crippen LogP contribution >= 0.6 is 0 Å². The minimum atomic E-state index is -0.160. The van der Waals surface area contributed by atoms with Gasteiger partial charge in [-0.2, -0.15) is 9.97 Å². The Morgan fingerprint density at radius 2 is 1.77 bits per heavy atom. The van der Waals surface area contributed by atoms with Crippen molar-refractivity contribution in [2.75, 3.05) is 40.4 Å². The lowest BCUT2D eigenvalue weighted by molar-refractivity contribution is 0.0583. The van der Waals surface area contributed by atoms with Crippen LogP contribution in [0.2, 0.25) is 0 Å². The Balaban J connectivity index is 1.52. The van der Waals surface area contributed by atoms with Gasteiger partial charge >= 0.3 is 6.01 Å². The third kappa shape index (κ3) is 4.36. The number of rotatable bonds is 6. The Morgan fingerprint density at radius 3 is 2.39 bits per heavy atom.